The molecule has 0 aliphatic carbocycles. The van der Waals surface area contributed by atoms with Crippen LogP contribution in [0.15, 0.2) is 11.1 Å². The van der Waals surface area contributed by atoms with Crippen LogP contribution in [0.1, 0.15) is 20.8 Å². The fourth-order valence-corrected chi connectivity index (χ4v) is 0.943. The molecule has 1 heterocycles. The molecule has 0 aromatic rings. The van der Waals surface area contributed by atoms with Crippen LogP contribution < -0.4 is 0 Å². The average molecular weight is 151 g/mol. The predicted octanol–water partition coefficient (Wildman–Crippen LogP) is 1.16. The van der Waals surface area contributed by atoms with Crippen molar-refractivity contribution < 1.29 is 9.53 Å². The first-order chi connectivity index (χ1) is 4.99. The highest BCUT2D eigenvalue weighted by molar-refractivity contribution is 5.96. The molecule has 1 rings (SSSR count). The SMILES string of the molecule is CC1=C(C#N)C(=O)OC1(C)C. The molecule has 0 aromatic carbocycles. The van der Waals surface area contributed by atoms with Crippen LogP contribution in [0.4, 0.5) is 0 Å². The predicted molar refractivity (Wildman–Crippen MR) is 38.5 cm³/mol. The maximum atomic E-state index is 10.9. The lowest BCUT2D eigenvalue weighted by molar-refractivity contribution is -0.144. The Hall–Kier alpha value is -1.30. The van der Waals surface area contributed by atoms with Crippen molar-refractivity contribution in [1.29, 1.82) is 5.26 Å². The quantitative estimate of drug-likeness (QED) is 0.488. The minimum atomic E-state index is -0.595. The summed E-state index contributed by atoms with van der Waals surface area (Å²) in [6.07, 6.45) is 0. The Morgan fingerprint density at radius 2 is 2.09 bits per heavy atom. The highest BCUT2D eigenvalue weighted by atomic mass is 16.6. The number of carbonyl (C=O) groups is 1. The molecule has 0 saturated carbocycles. The van der Waals surface area contributed by atoms with E-state index in [2.05, 4.69) is 0 Å². The normalized spacial score (nSPS) is 21.5. The van der Waals surface area contributed by atoms with Gasteiger partial charge >= 0.3 is 5.97 Å². The van der Waals surface area contributed by atoms with Gasteiger partial charge in [-0.2, -0.15) is 5.26 Å². The zero-order valence-electron chi connectivity index (χ0n) is 6.76. The molecule has 58 valence electrons. The molecule has 0 fully saturated rings. The van der Waals surface area contributed by atoms with E-state index in [1.165, 1.54) is 0 Å². The summed E-state index contributed by atoms with van der Waals surface area (Å²) in [6.45, 7) is 5.28. The van der Waals surface area contributed by atoms with Crippen LogP contribution in [0, 0.1) is 11.3 Å². The number of hydrogen-bond acceptors (Lipinski definition) is 3. The second-order valence-electron chi connectivity index (χ2n) is 3.01. The fourth-order valence-electron chi connectivity index (χ4n) is 0.943. The van der Waals surface area contributed by atoms with E-state index in [9.17, 15) is 4.79 Å². The average Bonchev–Trinajstić information content (AvgIpc) is 2.04. The molecule has 11 heavy (non-hydrogen) atoms. The molecule has 0 unspecified atom stereocenters. The lowest BCUT2D eigenvalue weighted by atomic mass is 9.98. The van der Waals surface area contributed by atoms with E-state index >= 15 is 0 Å². The van der Waals surface area contributed by atoms with Crippen LogP contribution in [0.25, 0.3) is 0 Å². The standard InChI is InChI=1S/C8H9NO2/c1-5-6(4-9)7(10)11-8(5,2)3/h1-3H3. The summed E-state index contributed by atoms with van der Waals surface area (Å²) in [5.74, 6) is -0.505. The third kappa shape index (κ3) is 1.01. The zero-order valence-corrected chi connectivity index (χ0v) is 6.76. The van der Waals surface area contributed by atoms with Crippen LogP contribution in [-0.4, -0.2) is 11.6 Å². The van der Waals surface area contributed by atoms with Crippen LogP contribution in [-0.2, 0) is 9.53 Å². The summed E-state index contributed by atoms with van der Waals surface area (Å²) in [7, 11) is 0. The van der Waals surface area contributed by atoms with E-state index in [4.69, 9.17) is 10.00 Å². The van der Waals surface area contributed by atoms with E-state index in [0.29, 0.717) is 5.57 Å². The first-order valence-electron chi connectivity index (χ1n) is 3.34. The Bertz CT molecular complexity index is 281. The van der Waals surface area contributed by atoms with Crippen LogP contribution >= 0.6 is 0 Å². The minimum absolute atomic E-state index is 0.148. The van der Waals surface area contributed by atoms with Gasteiger partial charge in [-0.3, -0.25) is 0 Å². The zero-order chi connectivity index (χ0) is 8.65. The molecule has 0 amide bonds. The number of ether oxygens (including phenoxy) is 1. The van der Waals surface area contributed by atoms with Gasteiger partial charge in [-0.05, 0) is 26.3 Å². The van der Waals surface area contributed by atoms with Crippen molar-refractivity contribution in [2.75, 3.05) is 0 Å². The third-order valence-corrected chi connectivity index (χ3v) is 1.94. The molecule has 0 radical (unpaired) electrons. The molecule has 0 spiro atoms. The summed E-state index contributed by atoms with van der Waals surface area (Å²) < 4.78 is 4.93. The number of hydrogen-bond donors (Lipinski definition) is 0. The molecular weight excluding hydrogens is 142 g/mol. The molecule has 1 aliphatic rings. The van der Waals surface area contributed by atoms with Gasteiger partial charge in [0.05, 0.1) is 0 Å². The van der Waals surface area contributed by atoms with E-state index in [0.717, 1.165) is 0 Å². The monoisotopic (exact) mass is 151 g/mol. The maximum absolute atomic E-state index is 10.9. The van der Waals surface area contributed by atoms with E-state index in [1.807, 2.05) is 6.07 Å². The Morgan fingerprint density at radius 3 is 2.27 bits per heavy atom. The molecule has 1 aliphatic heterocycles. The number of nitriles is 1. The van der Waals surface area contributed by atoms with Gasteiger partial charge in [-0.25, -0.2) is 4.79 Å². The van der Waals surface area contributed by atoms with Crippen LogP contribution in [0.2, 0.25) is 0 Å². The van der Waals surface area contributed by atoms with Crippen LogP contribution in [0.3, 0.4) is 0 Å². The smallest absolute Gasteiger partial charge is 0.349 e. The lowest BCUT2D eigenvalue weighted by Gasteiger charge is -2.17. The topological polar surface area (TPSA) is 50.1 Å². The van der Waals surface area contributed by atoms with Crippen molar-refractivity contribution in [3.05, 3.63) is 11.1 Å². The molecule has 0 N–H and O–H groups in total. The second-order valence-corrected chi connectivity index (χ2v) is 3.01. The fraction of sp³-hybridized carbons (Fsp3) is 0.500. The lowest BCUT2D eigenvalue weighted by Crippen LogP contribution is -2.21. The van der Waals surface area contributed by atoms with Crippen molar-refractivity contribution in [2.24, 2.45) is 0 Å². The number of esters is 1. The van der Waals surface area contributed by atoms with E-state index in [-0.39, 0.29) is 5.57 Å². The summed E-state index contributed by atoms with van der Waals surface area (Å²) >= 11 is 0. The van der Waals surface area contributed by atoms with Gasteiger partial charge in [0, 0.05) is 0 Å². The summed E-state index contributed by atoms with van der Waals surface area (Å²) in [6, 6.07) is 1.82. The summed E-state index contributed by atoms with van der Waals surface area (Å²) in [5, 5.41) is 8.53. The highest BCUT2D eigenvalue weighted by Crippen LogP contribution is 2.30. The largest absolute Gasteiger partial charge is 0.451 e. The van der Waals surface area contributed by atoms with Gasteiger partial charge in [0.25, 0.3) is 0 Å². The van der Waals surface area contributed by atoms with E-state index in [1.54, 1.807) is 20.8 Å². The van der Waals surface area contributed by atoms with Crippen molar-refractivity contribution in [3.63, 3.8) is 0 Å². The molecule has 0 saturated heterocycles. The molecular formula is C8H9NO2. The maximum Gasteiger partial charge on any atom is 0.349 e. The van der Waals surface area contributed by atoms with Gasteiger partial charge in [0.15, 0.2) is 0 Å². The second kappa shape index (κ2) is 2.09. The Labute approximate surface area is 65.3 Å². The van der Waals surface area contributed by atoms with Crippen LogP contribution in [0.5, 0.6) is 0 Å². The summed E-state index contributed by atoms with van der Waals surface area (Å²) in [5.41, 5.74) is 0.266. The van der Waals surface area contributed by atoms with Gasteiger partial charge in [0.2, 0.25) is 0 Å². The third-order valence-electron chi connectivity index (χ3n) is 1.94. The number of cyclic esters (lactones) is 1. The Kier molecular flexibility index (Phi) is 1.48. The number of nitrogens with zero attached hydrogens (tertiary/aromatic N) is 1. The van der Waals surface area contributed by atoms with Gasteiger partial charge in [-0.1, -0.05) is 0 Å². The van der Waals surface area contributed by atoms with E-state index < -0.39 is 11.6 Å². The summed E-state index contributed by atoms with van der Waals surface area (Å²) in [4.78, 5) is 10.9. The van der Waals surface area contributed by atoms with Crippen molar-refractivity contribution >= 4 is 5.97 Å². The van der Waals surface area contributed by atoms with Gasteiger partial charge in [-0.15, -0.1) is 0 Å². The molecule has 3 nitrogen and oxygen atoms in total. The first kappa shape index (κ1) is 7.80. The van der Waals surface area contributed by atoms with Gasteiger partial charge in [0.1, 0.15) is 17.2 Å². The number of carbonyl (C=O) groups excluding carboxylic acids is 1. The highest BCUT2D eigenvalue weighted by Gasteiger charge is 2.37. The minimum Gasteiger partial charge on any atom is -0.451 e. The molecule has 0 bridgehead atoms. The molecule has 3 heteroatoms. The molecule has 0 atom stereocenters. The first-order valence-corrected chi connectivity index (χ1v) is 3.34. The van der Waals surface area contributed by atoms with Gasteiger partial charge < -0.3 is 4.74 Å². The number of rotatable bonds is 0. The van der Waals surface area contributed by atoms with Crippen molar-refractivity contribution in [3.8, 4) is 6.07 Å². The Balaban J connectivity index is 3.18. The van der Waals surface area contributed by atoms with Crippen molar-refractivity contribution in [1.82, 2.24) is 0 Å². The van der Waals surface area contributed by atoms with Crippen molar-refractivity contribution in [2.45, 2.75) is 26.4 Å². The Morgan fingerprint density at radius 1 is 1.55 bits per heavy atom. The molecule has 0 aromatic heterocycles.